The minimum absolute atomic E-state index is 0.149. The summed E-state index contributed by atoms with van der Waals surface area (Å²) in [7, 11) is -2.71. The Hall–Kier alpha value is -2.70. The molecule has 2 aliphatic rings. The van der Waals surface area contributed by atoms with Crippen LogP contribution in [0.3, 0.4) is 0 Å². The summed E-state index contributed by atoms with van der Waals surface area (Å²) in [5.74, 6) is -4.06. The fourth-order valence-electron chi connectivity index (χ4n) is 3.80. The Labute approximate surface area is 199 Å². The summed E-state index contributed by atoms with van der Waals surface area (Å²) in [4.78, 5) is 29.5. The number of nitrogens with zero attached hydrogens (tertiary/aromatic N) is 3. The van der Waals surface area contributed by atoms with Crippen molar-refractivity contribution in [3.63, 3.8) is 0 Å². The highest BCUT2D eigenvalue weighted by Gasteiger charge is 2.60. The van der Waals surface area contributed by atoms with Crippen molar-refractivity contribution in [1.82, 2.24) is 19.5 Å². The van der Waals surface area contributed by atoms with E-state index in [0.29, 0.717) is 23.2 Å². The number of hydrogen-bond donors (Lipinski definition) is 2. The molecule has 1 aromatic heterocycles. The number of aryl methyl sites for hydroxylation is 1. The molecule has 0 radical (unpaired) electrons. The Morgan fingerprint density at radius 2 is 2.00 bits per heavy atom. The zero-order valence-corrected chi connectivity index (χ0v) is 19.8. The van der Waals surface area contributed by atoms with Gasteiger partial charge in [-0.05, 0) is 31.5 Å². The third kappa shape index (κ3) is 5.29. The molecule has 3 heterocycles. The molecule has 1 amide bonds. The van der Waals surface area contributed by atoms with E-state index in [1.165, 1.54) is 30.0 Å². The van der Waals surface area contributed by atoms with Crippen LogP contribution in [0, 0.1) is 6.92 Å². The van der Waals surface area contributed by atoms with Crippen molar-refractivity contribution in [3.8, 4) is 5.75 Å². The summed E-state index contributed by atoms with van der Waals surface area (Å²) >= 11 is 0. The zero-order chi connectivity index (χ0) is 25.4. The molecule has 0 aliphatic carbocycles. The molecule has 2 fully saturated rings. The van der Waals surface area contributed by atoms with E-state index in [2.05, 4.69) is 10.1 Å². The largest absolute Gasteiger partial charge is 0.459 e. The number of para-hydroxylation sites is 1. The van der Waals surface area contributed by atoms with Gasteiger partial charge in [-0.15, -0.1) is 0 Å². The number of carbonyl (C=O) groups excluding carboxylic acids is 1. The highest BCUT2D eigenvalue weighted by molar-refractivity contribution is 7.52. The van der Waals surface area contributed by atoms with Crippen LogP contribution in [-0.2, 0) is 18.6 Å². The molecule has 2 aliphatic heterocycles. The lowest BCUT2D eigenvalue weighted by Crippen LogP contribution is -2.42. The van der Waals surface area contributed by atoms with Gasteiger partial charge >= 0.3 is 19.4 Å². The second-order valence-electron chi connectivity index (χ2n) is 8.33. The Balaban J connectivity index is 1.53. The molecule has 2 N–H and O–H groups in total. The molecule has 0 spiro atoms. The lowest BCUT2D eigenvalue weighted by Gasteiger charge is -2.24. The normalized spacial score (nSPS) is 27.7. The van der Waals surface area contributed by atoms with Gasteiger partial charge in [0, 0.05) is 25.5 Å². The molecule has 35 heavy (non-hydrogen) atoms. The summed E-state index contributed by atoms with van der Waals surface area (Å²) in [5, 5.41) is 12.8. The van der Waals surface area contributed by atoms with E-state index in [1.54, 1.807) is 25.2 Å². The van der Waals surface area contributed by atoms with Crippen molar-refractivity contribution in [2.24, 2.45) is 0 Å². The van der Waals surface area contributed by atoms with Gasteiger partial charge in [0.15, 0.2) is 6.10 Å². The van der Waals surface area contributed by atoms with Gasteiger partial charge in [-0.25, -0.2) is 9.36 Å². The zero-order valence-electron chi connectivity index (χ0n) is 18.9. The van der Waals surface area contributed by atoms with Crippen molar-refractivity contribution < 1.29 is 37.0 Å². The Morgan fingerprint density at radius 3 is 2.63 bits per heavy atom. The molecule has 0 saturated carbocycles. The third-order valence-corrected chi connectivity index (χ3v) is 7.29. The molecule has 4 rings (SSSR count). The maximum Gasteiger partial charge on any atom is 0.459 e. The first-order valence-electron chi connectivity index (χ1n) is 10.8. The van der Waals surface area contributed by atoms with E-state index in [0.717, 1.165) is 6.20 Å². The van der Waals surface area contributed by atoms with Crippen molar-refractivity contribution >= 4 is 13.7 Å². The predicted octanol–water partition coefficient (Wildman–Crippen LogP) is 1.47. The number of amides is 1. The van der Waals surface area contributed by atoms with E-state index in [-0.39, 0.29) is 11.7 Å². The van der Waals surface area contributed by atoms with Gasteiger partial charge in [-0.1, -0.05) is 18.2 Å². The van der Waals surface area contributed by atoms with Crippen molar-refractivity contribution in [3.05, 3.63) is 58.8 Å². The number of hydrogen-bond acceptors (Lipinski definition) is 8. The topological polar surface area (TPSA) is 132 Å². The summed E-state index contributed by atoms with van der Waals surface area (Å²) in [5.41, 5.74) is -0.655. The van der Waals surface area contributed by atoms with Gasteiger partial charge in [0.2, 0.25) is 12.1 Å². The molecule has 2 aromatic rings. The number of alkyl halides is 2. The maximum atomic E-state index is 14.8. The van der Waals surface area contributed by atoms with Crippen LogP contribution >= 0.6 is 7.75 Å². The summed E-state index contributed by atoms with van der Waals surface area (Å²) in [6.07, 6.45) is -4.79. The molecule has 1 unspecified atom stereocenters. The molecule has 11 nitrogen and oxygen atoms in total. The Kier molecular flexibility index (Phi) is 7.07. The number of likely N-dealkylation sites (tertiary alicyclic amines) is 1. The number of aliphatic hydroxyl groups is 1. The SMILES string of the molecule is Cc1ccn([C@@H]2O[C@H](CO[P@](=O)(NC3CCN(C)C3=O)Oc3ccccc3)[C@@H](O)C2(F)F)c(=O)n1. The summed E-state index contributed by atoms with van der Waals surface area (Å²) in [6, 6.07) is 8.42. The van der Waals surface area contributed by atoms with Gasteiger partial charge in [0.05, 0.1) is 12.6 Å². The fourth-order valence-corrected chi connectivity index (χ4v) is 5.34. The lowest BCUT2D eigenvalue weighted by atomic mass is 10.1. The number of likely N-dealkylation sites (N-methyl/N-ethyl adjacent to an activating group) is 1. The van der Waals surface area contributed by atoms with Gasteiger partial charge in [0.25, 0.3) is 0 Å². The first-order valence-corrected chi connectivity index (χ1v) is 12.3. The maximum absolute atomic E-state index is 14.8. The van der Waals surface area contributed by atoms with Gasteiger partial charge in [-0.2, -0.15) is 18.9 Å². The Bertz CT molecular complexity index is 1180. The van der Waals surface area contributed by atoms with E-state index in [1.807, 2.05) is 0 Å². The standard InChI is InChI=1S/C21H25F2N4O7P/c1-13-8-11-27(20(30)24-13)19-21(22,23)17(28)16(33-19)12-32-35(31,34-14-6-4-3-5-7-14)25-15-9-10-26(2)18(15)29/h3-8,11,15-17,19,28H,9-10,12H2,1-2H3,(H,25,31)/t15?,16-,17-,19-,35-/m1/s1. The van der Waals surface area contributed by atoms with E-state index in [4.69, 9.17) is 13.8 Å². The van der Waals surface area contributed by atoms with Crippen molar-refractivity contribution in [2.45, 2.75) is 43.7 Å². The first kappa shape index (κ1) is 25.4. The Morgan fingerprint density at radius 1 is 1.29 bits per heavy atom. The van der Waals surface area contributed by atoms with Crippen LogP contribution in [0.1, 0.15) is 18.3 Å². The lowest BCUT2D eigenvalue weighted by molar-refractivity contribution is -0.141. The highest BCUT2D eigenvalue weighted by Crippen LogP contribution is 2.48. The first-order chi connectivity index (χ1) is 16.5. The number of halogens is 2. The molecule has 0 bridgehead atoms. The molecule has 1 aromatic carbocycles. The van der Waals surface area contributed by atoms with Gasteiger partial charge in [-0.3, -0.25) is 13.9 Å². The summed E-state index contributed by atoms with van der Waals surface area (Å²) < 4.78 is 59.9. The second-order valence-corrected chi connectivity index (χ2v) is 10.0. The summed E-state index contributed by atoms with van der Waals surface area (Å²) in [6.45, 7) is 1.16. The monoisotopic (exact) mass is 514 g/mol. The average molecular weight is 514 g/mol. The van der Waals surface area contributed by atoms with E-state index >= 15 is 0 Å². The van der Waals surface area contributed by atoms with Crippen LogP contribution in [0.4, 0.5) is 8.78 Å². The van der Waals surface area contributed by atoms with E-state index in [9.17, 15) is 28.0 Å². The van der Waals surface area contributed by atoms with Crippen molar-refractivity contribution in [1.29, 1.82) is 0 Å². The van der Waals surface area contributed by atoms with Crippen molar-refractivity contribution in [2.75, 3.05) is 20.2 Å². The third-order valence-electron chi connectivity index (χ3n) is 5.72. The average Bonchev–Trinajstić information content (AvgIpc) is 3.23. The fraction of sp³-hybridized carbons (Fsp3) is 0.476. The molecule has 2 saturated heterocycles. The van der Waals surface area contributed by atoms with Gasteiger partial charge in [0.1, 0.15) is 11.9 Å². The number of aliphatic hydroxyl groups excluding tert-OH is 1. The predicted molar refractivity (Wildman–Crippen MR) is 118 cm³/mol. The van der Waals surface area contributed by atoms with E-state index < -0.39 is 50.4 Å². The van der Waals surface area contributed by atoms with Crippen LogP contribution < -0.4 is 15.3 Å². The smallest absolute Gasteiger partial charge is 0.413 e. The number of rotatable bonds is 8. The number of nitrogens with one attached hydrogen (secondary N) is 1. The number of aromatic nitrogens is 2. The number of ether oxygens (including phenoxy) is 1. The minimum Gasteiger partial charge on any atom is -0.413 e. The molecular formula is C21H25F2N4O7P. The van der Waals surface area contributed by atoms with Crippen LogP contribution in [0.5, 0.6) is 5.75 Å². The van der Waals surface area contributed by atoms with Crippen LogP contribution in [0.15, 0.2) is 47.4 Å². The quantitative estimate of drug-likeness (QED) is 0.503. The van der Waals surface area contributed by atoms with Crippen LogP contribution in [-0.4, -0.2) is 69.8 Å². The number of carbonyl (C=O) groups is 1. The second kappa shape index (κ2) is 9.75. The van der Waals surface area contributed by atoms with Crippen LogP contribution in [0.25, 0.3) is 0 Å². The van der Waals surface area contributed by atoms with Crippen LogP contribution in [0.2, 0.25) is 0 Å². The minimum atomic E-state index is -4.30. The highest BCUT2D eigenvalue weighted by atomic mass is 31.2. The molecule has 190 valence electrons. The molecule has 14 heteroatoms. The molecule has 5 atom stereocenters. The van der Waals surface area contributed by atoms with Gasteiger partial charge < -0.3 is 19.3 Å². The number of benzene rings is 1. The molecular weight excluding hydrogens is 489 g/mol.